The molecule has 0 radical (unpaired) electrons. The van der Waals surface area contributed by atoms with Gasteiger partial charge < -0.3 is 14.6 Å². The van der Waals surface area contributed by atoms with Gasteiger partial charge in [-0.25, -0.2) is 4.79 Å². The zero-order valence-corrected chi connectivity index (χ0v) is 12.0. The van der Waals surface area contributed by atoms with E-state index >= 15 is 0 Å². The summed E-state index contributed by atoms with van der Waals surface area (Å²) in [6.07, 6.45) is 2.27. The number of carbonyl (C=O) groups is 1. The predicted molar refractivity (Wildman–Crippen MR) is 78.1 cm³/mol. The number of aryl methyl sites for hydroxylation is 1. The average Bonchev–Trinajstić information content (AvgIpc) is 2.51. The molecule has 1 aromatic heterocycles. The van der Waals surface area contributed by atoms with Crippen LogP contribution in [0.5, 0.6) is 5.75 Å². The van der Waals surface area contributed by atoms with Gasteiger partial charge in [0.15, 0.2) is 0 Å². The van der Waals surface area contributed by atoms with Crippen LogP contribution in [0.1, 0.15) is 28.0 Å². The molecular formula is C16H17NO4. The van der Waals surface area contributed by atoms with Gasteiger partial charge in [-0.1, -0.05) is 0 Å². The third kappa shape index (κ3) is 2.34. The van der Waals surface area contributed by atoms with E-state index in [0.29, 0.717) is 28.6 Å². The van der Waals surface area contributed by atoms with E-state index in [1.807, 2.05) is 6.07 Å². The lowest BCUT2D eigenvalue weighted by molar-refractivity contribution is 0.0690. The first-order valence-electron chi connectivity index (χ1n) is 6.89. The highest BCUT2D eigenvalue weighted by Gasteiger charge is 2.26. The van der Waals surface area contributed by atoms with E-state index in [9.17, 15) is 9.90 Å². The number of rotatable bonds is 3. The summed E-state index contributed by atoms with van der Waals surface area (Å²) in [5.74, 6) is -0.297. The van der Waals surface area contributed by atoms with Crippen LogP contribution in [0.15, 0.2) is 18.2 Å². The largest absolute Gasteiger partial charge is 0.497 e. The molecule has 0 fully saturated rings. The zero-order chi connectivity index (χ0) is 15.0. The van der Waals surface area contributed by atoms with Crippen LogP contribution < -0.4 is 4.74 Å². The van der Waals surface area contributed by atoms with Crippen molar-refractivity contribution in [2.45, 2.75) is 25.4 Å². The van der Waals surface area contributed by atoms with Crippen molar-refractivity contribution in [1.82, 2.24) is 4.98 Å². The Morgan fingerprint density at radius 1 is 1.38 bits per heavy atom. The molecule has 0 saturated carbocycles. The van der Waals surface area contributed by atoms with Gasteiger partial charge in [0, 0.05) is 24.6 Å². The molecule has 1 N–H and O–H groups in total. The van der Waals surface area contributed by atoms with Gasteiger partial charge in [-0.05, 0) is 36.6 Å². The zero-order valence-electron chi connectivity index (χ0n) is 12.0. The van der Waals surface area contributed by atoms with Gasteiger partial charge in [-0.2, -0.15) is 0 Å². The average molecular weight is 287 g/mol. The smallest absolute Gasteiger partial charge is 0.336 e. The fourth-order valence-corrected chi connectivity index (χ4v) is 2.96. The molecule has 5 heteroatoms. The second kappa shape index (κ2) is 5.33. The number of nitrogens with zero attached hydrogens (tertiary/aromatic N) is 1. The molecule has 0 spiro atoms. The molecule has 1 aliphatic carbocycles. The summed E-state index contributed by atoms with van der Waals surface area (Å²) in [6.45, 7) is 0. The van der Waals surface area contributed by atoms with Crippen molar-refractivity contribution >= 4 is 16.9 Å². The van der Waals surface area contributed by atoms with Crippen molar-refractivity contribution < 1.29 is 19.4 Å². The van der Waals surface area contributed by atoms with Gasteiger partial charge in [0.1, 0.15) is 5.75 Å². The first kappa shape index (κ1) is 13.8. The summed E-state index contributed by atoms with van der Waals surface area (Å²) in [5, 5.41) is 10.3. The lowest BCUT2D eigenvalue weighted by Crippen LogP contribution is -2.24. The van der Waals surface area contributed by atoms with Gasteiger partial charge in [0.05, 0.1) is 24.3 Å². The number of ether oxygens (including phenoxy) is 2. The second-order valence-electron chi connectivity index (χ2n) is 5.20. The van der Waals surface area contributed by atoms with Crippen molar-refractivity contribution in [3.63, 3.8) is 0 Å². The number of methoxy groups -OCH3 is 2. The van der Waals surface area contributed by atoms with Crippen molar-refractivity contribution in [2.75, 3.05) is 14.2 Å². The Kier molecular flexibility index (Phi) is 3.51. The molecule has 110 valence electrons. The number of aromatic carboxylic acids is 1. The minimum atomic E-state index is -0.927. The number of fused-ring (bicyclic) bond motifs is 2. The fourth-order valence-electron chi connectivity index (χ4n) is 2.96. The first-order chi connectivity index (χ1) is 10.1. The van der Waals surface area contributed by atoms with E-state index in [1.165, 1.54) is 0 Å². The molecule has 5 nitrogen and oxygen atoms in total. The van der Waals surface area contributed by atoms with E-state index in [-0.39, 0.29) is 6.10 Å². The van der Waals surface area contributed by atoms with Crippen LogP contribution in [0.2, 0.25) is 0 Å². The van der Waals surface area contributed by atoms with Crippen molar-refractivity contribution in [3.05, 3.63) is 35.0 Å². The van der Waals surface area contributed by atoms with E-state index in [0.717, 1.165) is 24.1 Å². The molecule has 1 atom stereocenters. The molecule has 1 aliphatic rings. The van der Waals surface area contributed by atoms with E-state index in [1.54, 1.807) is 26.4 Å². The molecule has 0 aliphatic heterocycles. The SMILES string of the molecule is COc1ccc2nc3c(c(C(=O)O)c2c1)CC(OC)CC3. The van der Waals surface area contributed by atoms with Crippen molar-refractivity contribution in [3.8, 4) is 5.75 Å². The van der Waals surface area contributed by atoms with Crippen LogP contribution >= 0.6 is 0 Å². The molecule has 1 unspecified atom stereocenters. The van der Waals surface area contributed by atoms with Crippen LogP contribution in [-0.4, -0.2) is 36.4 Å². The first-order valence-corrected chi connectivity index (χ1v) is 6.89. The molecule has 3 rings (SSSR count). The number of carboxylic acids is 1. The Balaban J connectivity index is 2.28. The summed E-state index contributed by atoms with van der Waals surface area (Å²) in [7, 11) is 3.22. The van der Waals surface area contributed by atoms with E-state index < -0.39 is 5.97 Å². The second-order valence-corrected chi connectivity index (χ2v) is 5.20. The van der Waals surface area contributed by atoms with Crippen LogP contribution in [0, 0.1) is 0 Å². The third-order valence-corrected chi connectivity index (χ3v) is 4.06. The van der Waals surface area contributed by atoms with Crippen LogP contribution in [0.3, 0.4) is 0 Å². The third-order valence-electron chi connectivity index (χ3n) is 4.06. The van der Waals surface area contributed by atoms with Gasteiger partial charge >= 0.3 is 5.97 Å². The monoisotopic (exact) mass is 287 g/mol. The summed E-state index contributed by atoms with van der Waals surface area (Å²) >= 11 is 0. The highest BCUT2D eigenvalue weighted by atomic mass is 16.5. The minimum Gasteiger partial charge on any atom is -0.497 e. The van der Waals surface area contributed by atoms with Gasteiger partial charge in [0.25, 0.3) is 0 Å². The molecule has 0 amide bonds. The molecule has 1 heterocycles. The fraction of sp³-hybridized carbons (Fsp3) is 0.375. The summed E-state index contributed by atoms with van der Waals surface area (Å²) in [4.78, 5) is 16.4. The van der Waals surface area contributed by atoms with Gasteiger partial charge in [-0.3, -0.25) is 4.98 Å². The van der Waals surface area contributed by atoms with E-state index in [2.05, 4.69) is 4.98 Å². The lowest BCUT2D eigenvalue weighted by Gasteiger charge is -2.25. The predicted octanol–water partition coefficient (Wildman–Crippen LogP) is 2.45. The number of carboxylic acid groups (broad SMARTS) is 1. The Labute approximate surface area is 122 Å². The Morgan fingerprint density at radius 2 is 2.19 bits per heavy atom. The normalized spacial score (nSPS) is 17.5. The molecular weight excluding hydrogens is 270 g/mol. The molecule has 21 heavy (non-hydrogen) atoms. The van der Waals surface area contributed by atoms with Crippen LogP contribution in [0.25, 0.3) is 10.9 Å². The molecule has 2 aromatic rings. The highest BCUT2D eigenvalue weighted by Crippen LogP contribution is 2.32. The Morgan fingerprint density at radius 3 is 2.86 bits per heavy atom. The van der Waals surface area contributed by atoms with Gasteiger partial charge in [0.2, 0.25) is 0 Å². The van der Waals surface area contributed by atoms with Crippen LogP contribution in [0.4, 0.5) is 0 Å². The lowest BCUT2D eigenvalue weighted by atomic mass is 9.88. The van der Waals surface area contributed by atoms with Gasteiger partial charge in [-0.15, -0.1) is 0 Å². The van der Waals surface area contributed by atoms with Crippen LogP contribution in [-0.2, 0) is 17.6 Å². The standard InChI is InChI=1S/C16H17NO4/c1-20-9-3-5-13-11(7-9)15(16(18)19)12-8-10(21-2)4-6-14(12)17-13/h3,5,7,10H,4,6,8H2,1-2H3,(H,18,19). The molecule has 0 saturated heterocycles. The maximum absolute atomic E-state index is 11.8. The highest BCUT2D eigenvalue weighted by molar-refractivity contribution is 6.04. The number of aromatic nitrogens is 1. The molecule has 1 aromatic carbocycles. The minimum absolute atomic E-state index is 0.0560. The Hall–Kier alpha value is -2.14. The molecule has 0 bridgehead atoms. The quantitative estimate of drug-likeness (QED) is 0.939. The topological polar surface area (TPSA) is 68.7 Å². The van der Waals surface area contributed by atoms with Crippen molar-refractivity contribution in [1.29, 1.82) is 0 Å². The number of pyridine rings is 1. The summed E-state index contributed by atoms with van der Waals surface area (Å²) < 4.78 is 10.6. The summed E-state index contributed by atoms with van der Waals surface area (Å²) in [5.41, 5.74) is 2.69. The number of hydrogen-bond acceptors (Lipinski definition) is 4. The maximum atomic E-state index is 11.8. The number of benzene rings is 1. The maximum Gasteiger partial charge on any atom is 0.336 e. The van der Waals surface area contributed by atoms with Crippen molar-refractivity contribution in [2.24, 2.45) is 0 Å². The summed E-state index contributed by atoms with van der Waals surface area (Å²) in [6, 6.07) is 5.35. The number of hydrogen-bond donors (Lipinski definition) is 1. The Bertz CT molecular complexity index is 711. The van der Waals surface area contributed by atoms with E-state index in [4.69, 9.17) is 9.47 Å².